The van der Waals surface area contributed by atoms with E-state index >= 15 is 0 Å². The largest absolute Gasteiger partial charge is 0.325 e. The Labute approximate surface area is 123 Å². The fourth-order valence-corrected chi connectivity index (χ4v) is 1.59. The van der Waals surface area contributed by atoms with Gasteiger partial charge in [0.15, 0.2) is 0 Å². The van der Waals surface area contributed by atoms with Gasteiger partial charge in [-0.05, 0) is 56.3 Å². The maximum Gasteiger partial charge on any atom is 0.231 e. The SMILES string of the molecule is CC(C)(N)C(C)(C)C(=O)Nc1cccc(-n2cnnn2)c1. The van der Waals surface area contributed by atoms with Crippen molar-refractivity contribution in [2.75, 3.05) is 5.32 Å². The first-order chi connectivity index (χ1) is 9.72. The lowest BCUT2D eigenvalue weighted by Gasteiger charge is -2.36. The minimum atomic E-state index is -0.711. The number of tetrazole rings is 1. The van der Waals surface area contributed by atoms with Crippen molar-refractivity contribution in [1.29, 1.82) is 0 Å². The third-order valence-electron chi connectivity index (χ3n) is 3.90. The van der Waals surface area contributed by atoms with Crippen molar-refractivity contribution in [3.8, 4) is 5.69 Å². The molecule has 0 saturated heterocycles. The van der Waals surface area contributed by atoms with Crippen molar-refractivity contribution in [2.24, 2.45) is 11.1 Å². The van der Waals surface area contributed by atoms with E-state index in [1.54, 1.807) is 6.07 Å². The van der Waals surface area contributed by atoms with Crippen molar-refractivity contribution < 1.29 is 4.79 Å². The molecule has 0 bridgehead atoms. The number of nitrogens with two attached hydrogens (primary N) is 1. The topological polar surface area (TPSA) is 98.7 Å². The third kappa shape index (κ3) is 3.08. The van der Waals surface area contributed by atoms with Crippen LogP contribution in [0.1, 0.15) is 27.7 Å². The number of hydrogen-bond donors (Lipinski definition) is 2. The highest BCUT2D eigenvalue weighted by Crippen LogP contribution is 2.30. The number of nitrogens with one attached hydrogen (secondary N) is 1. The van der Waals surface area contributed by atoms with Crippen molar-refractivity contribution in [1.82, 2.24) is 20.2 Å². The zero-order valence-corrected chi connectivity index (χ0v) is 12.7. The molecule has 1 aromatic heterocycles. The summed E-state index contributed by atoms with van der Waals surface area (Å²) >= 11 is 0. The summed E-state index contributed by atoms with van der Waals surface area (Å²) in [6.45, 7) is 7.33. The second-order valence-corrected chi connectivity index (χ2v) is 6.11. The maximum atomic E-state index is 12.4. The molecule has 7 heteroatoms. The molecule has 3 N–H and O–H groups in total. The van der Waals surface area contributed by atoms with Gasteiger partial charge in [-0.1, -0.05) is 6.07 Å². The van der Waals surface area contributed by atoms with Crippen molar-refractivity contribution in [3.63, 3.8) is 0 Å². The van der Waals surface area contributed by atoms with Crippen molar-refractivity contribution in [2.45, 2.75) is 33.2 Å². The van der Waals surface area contributed by atoms with Crippen LogP contribution in [-0.4, -0.2) is 31.7 Å². The van der Waals surface area contributed by atoms with Gasteiger partial charge in [-0.15, -0.1) is 5.10 Å². The van der Waals surface area contributed by atoms with Gasteiger partial charge in [0.1, 0.15) is 6.33 Å². The summed E-state index contributed by atoms with van der Waals surface area (Å²) in [5, 5.41) is 13.9. The van der Waals surface area contributed by atoms with E-state index in [0.29, 0.717) is 5.69 Å². The van der Waals surface area contributed by atoms with Crippen LogP contribution in [0, 0.1) is 5.41 Å². The van der Waals surface area contributed by atoms with Gasteiger partial charge in [0, 0.05) is 11.2 Å². The lowest BCUT2D eigenvalue weighted by Crippen LogP contribution is -2.53. The minimum Gasteiger partial charge on any atom is -0.325 e. The Bertz CT molecular complexity index is 627. The molecule has 2 rings (SSSR count). The number of anilines is 1. The van der Waals surface area contributed by atoms with Gasteiger partial charge in [-0.2, -0.15) is 0 Å². The van der Waals surface area contributed by atoms with Gasteiger partial charge in [-0.25, -0.2) is 4.68 Å². The normalized spacial score (nSPS) is 12.2. The van der Waals surface area contributed by atoms with Gasteiger partial charge >= 0.3 is 0 Å². The number of nitrogens with zero attached hydrogens (tertiary/aromatic N) is 4. The zero-order chi connectivity index (χ0) is 15.7. The Morgan fingerprint density at radius 2 is 2.00 bits per heavy atom. The molecule has 0 aliphatic carbocycles. The second-order valence-electron chi connectivity index (χ2n) is 6.11. The first-order valence-electron chi connectivity index (χ1n) is 6.65. The highest BCUT2D eigenvalue weighted by atomic mass is 16.2. The van der Waals surface area contributed by atoms with E-state index in [1.807, 2.05) is 45.9 Å². The molecule has 2 aromatic rings. The first-order valence-corrected chi connectivity index (χ1v) is 6.65. The van der Waals surface area contributed by atoms with Crippen molar-refractivity contribution >= 4 is 11.6 Å². The van der Waals surface area contributed by atoms with Crippen LogP contribution in [-0.2, 0) is 4.79 Å². The van der Waals surface area contributed by atoms with Crippen LogP contribution in [0.2, 0.25) is 0 Å². The lowest BCUT2D eigenvalue weighted by atomic mass is 9.74. The summed E-state index contributed by atoms with van der Waals surface area (Å²) in [4.78, 5) is 12.4. The van der Waals surface area contributed by atoms with Crippen LogP contribution in [0.25, 0.3) is 5.69 Å². The predicted molar refractivity (Wildman–Crippen MR) is 79.8 cm³/mol. The van der Waals surface area contributed by atoms with E-state index in [0.717, 1.165) is 5.69 Å². The molecule has 0 unspecified atom stereocenters. The molecule has 1 amide bonds. The Morgan fingerprint density at radius 3 is 2.57 bits per heavy atom. The highest BCUT2D eigenvalue weighted by molar-refractivity contribution is 5.96. The molecule has 0 radical (unpaired) electrons. The summed E-state index contributed by atoms with van der Waals surface area (Å²) in [5.74, 6) is -0.135. The Kier molecular flexibility index (Phi) is 3.78. The first kappa shape index (κ1) is 15.1. The second kappa shape index (κ2) is 5.25. The van der Waals surface area contributed by atoms with E-state index in [9.17, 15) is 4.79 Å². The molecule has 0 saturated carbocycles. The zero-order valence-electron chi connectivity index (χ0n) is 12.7. The van der Waals surface area contributed by atoms with Crippen LogP contribution < -0.4 is 11.1 Å². The quantitative estimate of drug-likeness (QED) is 0.885. The molecule has 7 nitrogen and oxygen atoms in total. The summed E-state index contributed by atoms with van der Waals surface area (Å²) in [6.07, 6.45) is 1.49. The van der Waals surface area contributed by atoms with Crippen LogP contribution in [0.15, 0.2) is 30.6 Å². The monoisotopic (exact) mass is 288 g/mol. The smallest absolute Gasteiger partial charge is 0.231 e. The molecular formula is C14H20N6O. The molecule has 112 valence electrons. The van der Waals surface area contributed by atoms with Crippen LogP contribution >= 0.6 is 0 Å². The molecule has 1 heterocycles. The summed E-state index contributed by atoms with van der Waals surface area (Å²) < 4.78 is 1.52. The van der Waals surface area contributed by atoms with Crippen LogP contribution in [0.3, 0.4) is 0 Å². The van der Waals surface area contributed by atoms with E-state index < -0.39 is 11.0 Å². The Balaban J connectivity index is 2.21. The van der Waals surface area contributed by atoms with Crippen LogP contribution in [0.5, 0.6) is 0 Å². The Morgan fingerprint density at radius 1 is 1.29 bits per heavy atom. The number of carbonyl (C=O) groups excluding carboxylic acids is 1. The molecule has 0 aliphatic heterocycles. The van der Waals surface area contributed by atoms with E-state index in [1.165, 1.54) is 11.0 Å². The average Bonchev–Trinajstić information content (AvgIpc) is 2.91. The summed E-state index contributed by atoms with van der Waals surface area (Å²) in [6, 6.07) is 7.29. The molecule has 21 heavy (non-hydrogen) atoms. The number of benzene rings is 1. The maximum absolute atomic E-state index is 12.4. The molecule has 1 aromatic carbocycles. The standard InChI is InChI=1S/C14H20N6O/c1-13(2,14(3,4)15)12(21)17-10-6-5-7-11(8-10)20-9-16-18-19-20/h5-9H,15H2,1-4H3,(H,17,21). The molecular weight excluding hydrogens is 268 g/mol. The predicted octanol–water partition coefficient (Wildman–Crippen LogP) is 1.36. The van der Waals surface area contributed by atoms with Gasteiger partial charge in [-0.3, -0.25) is 4.79 Å². The van der Waals surface area contributed by atoms with Gasteiger partial charge in [0.05, 0.1) is 11.1 Å². The van der Waals surface area contributed by atoms with Crippen molar-refractivity contribution in [3.05, 3.63) is 30.6 Å². The molecule has 0 fully saturated rings. The number of amides is 1. The highest BCUT2D eigenvalue weighted by Gasteiger charge is 2.40. The van der Waals surface area contributed by atoms with Gasteiger partial charge < -0.3 is 11.1 Å². The molecule has 0 atom stereocenters. The van der Waals surface area contributed by atoms with Gasteiger partial charge in [0.2, 0.25) is 5.91 Å². The number of hydrogen-bond acceptors (Lipinski definition) is 5. The third-order valence-corrected chi connectivity index (χ3v) is 3.90. The fourth-order valence-electron chi connectivity index (χ4n) is 1.59. The molecule has 0 aliphatic rings. The van der Waals surface area contributed by atoms with Gasteiger partial charge in [0.25, 0.3) is 0 Å². The molecule has 0 spiro atoms. The lowest BCUT2D eigenvalue weighted by molar-refractivity contribution is -0.126. The average molecular weight is 288 g/mol. The Hall–Kier alpha value is -2.28. The summed E-state index contributed by atoms with van der Waals surface area (Å²) in [7, 11) is 0. The number of aromatic nitrogens is 4. The fraction of sp³-hybridized carbons (Fsp3) is 0.429. The number of rotatable bonds is 4. The van der Waals surface area contributed by atoms with E-state index in [4.69, 9.17) is 5.73 Å². The van der Waals surface area contributed by atoms with Crippen LogP contribution in [0.4, 0.5) is 5.69 Å². The minimum absolute atomic E-state index is 0.135. The van der Waals surface area contributed by atoms with E-state index in [2.05, 4.69) is 20.8 Å². The number of carbonyl (C=O) groups is 1. The summed E-state index contributed by atoms with van der Waals surface area (Å²) in [5.41, 5.74) is 6.18. The van der Waals surface area contributed by atoms with E-state index in [-0.39, 0.29) is 5.91 Å².